The first-order valence-corrected chi connectivity index (χ1v) is 9.01. The molecule has 0 radical (unpaired) electrons. The van der Waals surface area contributed by atoms with E-state index in [1.54, 1.807) is 60.7 Å². The predicted molar refractivity (Wildman–Crippen MR) is 108 cm³/mol. The zero-order chi connectivity index (χ0) is 19.8. The second-order valence-corrected chi connectivity index (χ2v) is 6.01. The maximum atomic E-state index is 12.4. The zero-order valence-electron chi connectivity index (χ0n) is 15.6. The SMILES string of the molecule is CCOc1ccc(NC(=O)COc2ccc(C(=O)c3ccccc3)cc2)cc1. The lowest BCUT2D eigenvalue weighted by Gasteiger charge is -2.09. The Balaban J connectivity index is 1.51. The van der Waals surface area contributed by atoms with E-state index in [2.05, 4.69) is 5.32 Å². The van der Waals surface area contributed by atoms with Crippen molar-refractivity contribution in [3.05, 3.63) is 90.0 Å². The summed E-state index contributed by atoms with van der Waals surface area (Å²) in [4.78, 5) is 24.4. The fourth-order valence-electron chi connectivity index (χ4n) is 2.61. The number of ether oxygens (including phenoxy) is 2. The number of anilines is 1. The minimum absolute atomic E-state index is 0.0552. The minimum atomic E-state index is -0.270. The summed E-state index contributed by atoms with van der Waals surface area (Å²) in [6.07, 6.45) is 0. The monoisotopic (exact) mass is 375 g/mol. The smallest absolute Gasteiger partial charge is 0.262 e. The predicted octanol–water partition coefficient (Wildman–Crippen LogP) is 4.33. The van der Waals surface area contributed by atoms with Crippen molar-refractivity contribution in [2.24, 2.45) is 0 Å². The van der Waals surface area contributed by atoms with Crippen LogP contribution in [0.3, 0.4) is 0 Å². The number of hydrogen-bond donors (Lipinski definition) is 1. The fourth-order valence-corrected chi connectivity index (χ4v) is 2.61. The Morgan fingerprint density at radius 3 is 1.96 bits per heavy atom. The van der Waals surface area contributed by atoms with Crippen LogP contribution in [0.1, 0.15) is 22.8 Å². The molecule has 0 fully saturated rings. The first-order chi connectivity index (χ1) is 13.7. The first kappa shape index (κ1) is 19.2. The van der Waals surface area contributed by atoms with Gasteiger partial charge in [-0.1, -0.05) is 30.3 Å². The van der Waals surface area contributed by atoms with Gasteiger partial charge in [0.2, 0.25) is 0 Å². The third-order valence-electron chi connectivity index (χ3n) is 3.97. The van der Waals surface area contributed by atoms with Gasteiger partial charge in [-0.2, -0.15) is 0 Å². The zero-order valence-corrected chi connectivity index (χ0v) is 15.6. The molecular weight excluding hydrogens is 354 g/mol. The molecule has 5 nitrogen and oxygen atoms in total. The van der Waals surface area contributed by atoms with Crippen molar-refractivity contribution in [3.8, 4) is 11.5 Å². The molecule has 0 saturated carbocycles. The van der Waals surface area contributed by atoms with Gasteiger partial charge in [0.05, 0.1) is 6.61 Å². The van der Waals surface area contributed by atoms with Crippen molar-refractivity contribution in [3.63, 3.8) is 0 Å². The van der Waals surface area contributed by atoms with Gasteiger partial charge in [-0.3, -0.25) is 9.59 Å². The Labute approximate surface area is 163 Å². The molecular formula is C23H21NO4. The Kier molecular flexibility index (Phi) is 6.41. The second-order valence-electron chi connectivity index (χ2n) is 6.01. The minimum Gasteiger partial charge on any atom is -0.494 e. The Bertz CT molecular complexity index is 919. The third-order valence-corrected chi connectivity index (χ3v) is 3.97. The van der Waals surface area contributed by atoms with Crippen LogP contribution in [0, 0.1) is 0 Å². The van der Waals surface area contributed by atoms with Crippen LogP contribution in [-0.2, 0) is 4.79 Å². The van der Waals surface area contributed by atoms with Crippen molar-refractivity contribution < 1.29 is 19.1 Å². The van der Waals surface area contributed by atoms with Gasteiger partial charge >= 0.3 is 0 Å². The number of carbonyl (C=O) groups is 2. The van der Waals surface area contributed by atoms with Gasteiger partial charge < -0.3 is 14.8 Å². The van der Waals surface area contributed by atoms with Gasteiger partial charge in [-0.05, 0) is 55.5 Å². The van der Waals surface area contributed by atoms with E-state index in [-0.39, 0.29) is 18.3 Å². The summed E-state index contributed by atoms with van der Waals surface area (Å²) in [6.45, 7) is 2.38. The molecule has 142 valence electrons. The first-order valence-electron chi connectivity index (χ1n) is 9.01. The average molecular weight is 375 g/mol. The summed E-state index contributed by atoms with van der Waals surface area (Å²) in [5, 5.41) is 2.76. The highest BCUT2D eigenvalue weighted by Crippen LogP contribution is 2.17. The molecule has 0 heterocycles. The molecule has 0 aliphatic heterocycles. The van der Waals surface area contributed by atoms with Crippen molar-refractivity contribution in [1.82, 2.24) is 0 Å². The van der Waals surface area contributed by atoms with Crippen LogP contribution in [0.4, 0.5) is 5.69 Å². The Hall–Kier alpha value is -3.60. The van der Waals surface area contributed by atoms with Crippen molar-refractivity contribution >= 4 is 17.4 Å². The van der Waals surface area contributed by atoms with Gasteiger partial charge in [-0.15, -0.1) is 0 Å². The van der Waals surface area contributed by atoms with Crippen LogP contribution >= 0.6 is 0 Å². The molecule has 0 saturated heterocycles. The van der Waals surface area contributed by atoms with Crippen LogP contribution in [0.2, 0.25) is 0 Å². The second kappa shape index (κ2) is 9.37. The van der Waals surface area contributed by atoms with Gasteiger partial charge in [0.15, 0.2) is 12.4 Å². The van der Waals surface area contributed by atoms with E-state index in [0.717, 1.165) is 5.75 Å². The molecule has 0 bridgehead atoms. The lowest BCUT2D eigenvalue weighted by Crippen LogP contribution is -2.20. The molecule has 0 atom stereocenters. The van der Waals surface area contributed by atoms with E-state index in [1.807, 2.05) is 25.1 Å². The van der Waals surface area contributed by atoms with E-state index in [4.69, 9.17) is 9.47 Å². The van der Waals surface area contributed by atoms with Gasteiger partial charge in [-0.25, -0.2) is 0 Å². The quantitative estimate of drug-likeness (QED) is 0.595. The molecule has 28 heavy (non-hydrogen) atoms. The molecule has 0 spiro atoms. The maximum Gasteiger partial charge on any atom is 0.262 e. The Morgan fingerprint density at radius 1 is 0.750 bits per heavy atom. The van der Waals surface area contributed by atoms with E-state index >= 15 is 0 Å². The van der Waals surface area contributed by atoms with Gasteiger partial charge in [0.1, 0.15) is 11.5 Å². The highest BCUT2D eigenvalue weighted by Gasteiger charge is 2.09. The van der Waals surface area contributed by atoms with E-state index in [1.165, 1.54) is 0 Å². The molecule has 0 aliphatic carbocycles. The normalized spacial score (nSPS) is 10.2. The topological polar surface area (TPSA) is 64.6 Å². The molecule has 0 aromatic heterocycles. The highest BCUT2D eigenvalue weighted by atomic mass is 16.5. The molecule has 3 rings (SSSR count). The largest absolute Gasteiger partial charge is 0.494 e. The fraction of sp³-hybridized carbons (Fsp3) is 0.130. The number of rotatable bonds is 8. The molecule has 3 aromatic rings. The van der Waals surface area contributed by atoms with E-state index in [9.17, 15) is 9.59 Å². The van der Waals surface area contributed by atoms with Gasteiger partial charge in [0.25, 0.3) is 5.91 Å². The molecule has 5 heteroatoms. The average Bonchev–Trinajstić information content (AvgIpc) is 2.74. The van der Waals surface area contributed by atoms with Crippen LogP contribution in [-0.4, -0.2) is 24.9 Å². The number of hydrogen-bond acceptors (Lipinski definition) is 4. The molecule has 0 aliphatic rings. The van der Waals surface area contributed by atoms with Crippen LogP contribution in [0.25, 0.3) is 0 Å². The highest BCUT2D eigenvalue weighted by molar-refractivity contribution is 6.09. The number of nitrogens with one attached hydrogen (secondary N) is 1. The summed E-state index contributed by atoms with van der Waals surface area (Å²) < 4.78 is 10.9. The molecule has 1 amide bonds. The van der Waals surface area contributed by atoms with Crippen molar-refractivity contribution in [1.29, 1.82) is 0 Å². The number of amides is 1. The van der Waals surface area contributed by atoms with Crippen molar-refractivity contribution in [2.45, 2.75) is 6.92 Å². The standard InChI is InChI=1S/C23H21NO4/c1-2-27-20-14-10-19(11-15-20)24-22(25)16-28-21-12-8-18(9-13-21)23(26)17-6-4-3-5-7-17/h3-15H,2,16H2,1H3,(H,24,25). The van der Waals surface area contributed by atoms with Crippen molar-refractivity contribution in [2.75, 3.05) is 18.5 Å². The summed E-state index contributed by atoms with van der Waals surface area (Å²) in [6, 6.07) is 22.9. The number of ketones is 1. The molecule has 1 N–H and O–H groups in total. The Morgan fingerprint density at radius 2 is 1.32 bits per heavy atom. The molecule has 0 unspecified atom stereocenters. The van der Waals surface area contributed by atoms with E-state index < -0.39 is 0 Å². The maximum absolute atomic E-state index is 12.4. The summed E-state index contributed by atoms with van der Waals surface area (Å²) in [5.74, 6) is 0.947. The van der Waals surface area contributed by atoms with E-state index in [0.29, 0.717) is 29.2 Å². The summed E-state index contributed by atoms with van der Waals surface area (Å²) >= 11 is 0. The number of benzene rings is 3. The summed E-state index contributed by atoms with van der Waals surface area (Å²) in [7, 11) is 0. The summed E-state index contributed by atoms with van der Waals surface area (Å²) in [5.41, 5.74) is 1.86. The third kappa shape index (κ3) is 5.20. The van der Waals surface area contributed by atoms with Crippen LogP contribution < -0.4 is 14.8 Å². The van der Waals surface area contributed by atoms with Gasteiger partial charge in [0, 0.05) is 16.8 Å². The van der Waals surface area contributed by atoms with Crippen LogP contribution in [0.15, 0.2) is 78.9 Å². The lowest BCUT2D eigenvalue weighted by atomic mass is 10.0. The number of carbonyl (C=O) groups excluding carboxylic acids is 2. The van der Waals surface area contributed by atoms with Crippen LogP contribution in [0.5, 0.6) is 11.5 Å². The molecule has 3 aromatic carbocycles. The lowest BCUT2D eigenvalue weighted by molar-refractivity contribution is -0.118.